The van der Waals surface area contributed by atoms with E-state index in [0.717, 1.165) is 10.6 Å². The number of hydrogen-bond donors (Lipinski definition) is 1. The van der Waals surface area contributed by atoms with Crippen LogP contribution in [0.4, 0.5) is 10.1 Å². The molecule has 0 unspecified atom stereocenters. The number of carbonyl (C=O) groups excluding carboxylic acids is 2. The van der Waals surface area contributed by atoms with E-state index in [9.17, 15) is 22.4 Å². The lowest BCUT2D eigenvalue weighted by molar-refractivity contribution is -0.140. The van der Waals surface area contributed by atoms with E-state index in [2.05, 4.69) is 5.32 Å². The van der Waals surface area contributed by atoms with Gasteiger partial charge in [-0.05, 0) is 68.7 Å². The lowest BCUT2D eigenvalue weighted by Crippen LogP contribution is -2.53. The Kier molecular flexibility index (Phi) is 10.7. The Bertz CT molecular complexity index is 1110. The highest BCUT2D eigenvalue weighted by molar-refractivity contribution is 7.92. The van der Waals surface area contributed by atoms with Gasteiger partial charge in [0.05, 0.1) is 18.6 Å². The van der Waals surface area contributed by atoms with E-state index in [4.69, 9.17) is 4.74 Å². The zero-order valence-electron chi connectivity index (χ0n) is 21.5. The van der Waals surface area contributed by atoms with Gasteiger partial charge in [-0.1, -0.05) is 26.0 Å². The van der Waals surface area contributed by atoms with E-state index in [1.807, 2.05) is 20.8 Å². The molecule has 0 fully saturated rings. The Hall–Kier alpha value is -3.14. The minimum absolute atomic E-state index is 0.0203. The second-order valence-electron chi connectivity index (χ2n) is 8.59. The van der Waals surface area contributed by atoms with Crippen LogP contribution in [0.1, 0.15) is 46.1 Å². The van der Waals surface area contributed by atoms with Gasteiger partial charge in [-0.2, -0.15) is 0 Å². The van der Waals surface area contributed by atoms with Crippen molar-refractivity contribution in [2.45, 2.75) is 59.2 Å². The highest BCUT2D eigenvalue weighted by atomic mass is 32.2. The molecule has 0 aliphatic rings. The third-order valence-corrected chi connectivity index (χ3v) is 6.91. The minimum Gasteiger partial charge on any atom is -0.494 e. The molecule has 0 spiro atoms. The Labute approximate surface area is 213 Å². The van der Waals surface area contributed by atoms with Crippen molar-refractivity contribution in [2.24, 2.45) is 0 Å². The molecular formula is C26H36FN3O5S. The van der Waals surface area contributed by atoms with Crippen LogP contribution in [0.15, 0.2) is 48.5 Å². The SMILES string of the molecule is CCOc1ccc(N(CC(=O)N(Cc2ccc(F)cc2)[C@H](CC)C(=O)N[C@H](C)CC)S(C)(=O)=O)cc1. The molecule has 0 radical (unpaired) electrons. The number of benzene rings is 2. The molecule has 2 rings (SSSR count). The summed E-state index contributed by atoms with van der Waals surface area (Å²) >= 11 is 0. The van der Waals surface area contributed by atoms with Gasteiger partial charge in [-0.3, -0.25) is 13.9 Å². The topological polar surface area (TPSA) is 96.0 Å². The van der Waals surface area contributed by atoms with Gasteiger partial charge in [0.25, 0.3) is 0 Å². The average molecular weight is 522 g/mol. The van der Waals surface area contributed by atoms with Gasteiger partial charge in [-0.25, -0.2) is 12.8 Å². The predicted octanol–water partition coefficient (Wildman–Crippen LogP) is 3.71. The summed E-state index contributed by atoms with van der Waals surface area (Å²) in [5, 5.41) is 2.91. The molecule has 0 aliphatic heterocycles. The number of nitrogens with one attached hydrogen (secondary N) is 1. The summed E-state index contributed by atoms with van der Waals surface area (Å²) < 4.78 is 45.2. The van der Waals surface area contributed by atoms with Gasteiger partial charge in [0, 0.05) is 12.6 Å². The molecule has 0 bridgehead atoms. The Morgan fingerprint density at radius 1 is 1.00 bits per heavy atom. The lowest BCUT2D eigenvalue weighted by atomic mass is 10.1. The fraction of sp³-hybridized carbons (Fsp3) is 0.462. The van der Waals surface area contributed by atoms with Gasteiger partial charge in [0.1, 0.15) is 24.2 Å². The minimum atomic E-state index is -3.83. The average Bonchev–Trinajstić information content (AvgIpc) is 2.83. The number of anilines is 1. The van der Waals surface area contributed by atoms with Crippen molar-refractivity contribution in [3.05, 3.63) is 59.9 Å². The highest BCUT2D eigenvalue weighted by Crippen LogP contribution is 2.23. The number of halogens is 1. The van der Waals surface area contributed by atoms with Crippen molar-refractivity contribution < 1.29 is 27.1 Å². The van der Waals surface area contributed by atoms with E-state index >= 15 is 0 Å². The Morgan fingerprint density at radius 2 is 1.61 bits per heavy atom. The van der Waals surface area contributed by atoms with Crippen LogP contribution in [-0.2, 0) is 26.2 Å². The summed E-state index contributed by atoms with van der Waals surface area (Å²) in [5.41, 5.74) is 0.916. The first-order chi connectivity index (χ1) is 17.0. The van der Waals surface area contributed by atoms with Crippen molar-refractivity contribution >= 4 is 27.5 Å². The van der Waals surface area contributed by atoms with Crippen LogP contribution in [0.2, 0.25) is 0 Å². The van der Waals surface area contributed by atoms with Crippen molar-refractivity contribution in [3.63, 3.8) is 0 Å². The molecule has 1 N–H and O–H groups in total. The third kappa shape index (κ3) is 8.22. The smallest absolute Gasteiger partial charge is 0.244 e. The number of sulfonamides is 1. The Morgan fingerprint density at radius 3 is 2.11 bits per heavy atom. The largest absolute Gasteiger partial charge is 0.494 e. The number of hydrogen-bond acceptors (Lipinski definition) is 5. The summed E-state index contributed by atoms with van der Waals surface area (Å²) in [7, 11) is -3.83. The van der Waals surface area contributed by atoms with Crippen LogP contribution < -0.4 is 14.4 Å². The molecule has 2 aromatic rings. The van der Waals surface area contributed by atoms with Crippen molar-refractivity contribution in [1.82, 2.24) is 10.2 Å². The summed E-state index contributed by atoms with van der Waals surface area (Å²) in [6.07, 6.45) is 2.05. The number of rotatable bonds is 13. The van der Waals surface area contributed by atoms with Crippen LogP contribution in [-0.4, -0.2) is 56.6 Å². The van der Waals surface area contributed by atoms with Crippen molar-refractivity contribution in [1.29, 1.82) is 0 Å². The van der Waals surface area contributed by atoms with E-state index in [1.54, 1.807) is 31.2 Å². The Balaban J connectivity index is 2.41. The summed E-state index contributed by atoms with van der Waals surface area (Å²) in [5.74, 6) is -0.720. The molecule has 36 heavy (non-hydrogen) atoms. The molecule has 0 aromatic heterocycles. The molecule has 0 heterocycles. The van der Waals surface area contributed by atoms with Crippen LogP contribution in [0.5, 0.6) is 5.75 Å². The van der Waals surface area contributed by atoms with Crippen LogP contribution in [0.3, 0.4) is 0 Å². The third-order valence-electron chi connectivity index (χ3n) is 5.77. The predicted molar refractivity (Wildman–Crippen MR) is 139 cm³/mol. The molecule has 2 aromatic carbocycles. The second kappa shape index (κ2) is 13.2. The molecule has 8 nitrogen and oxygen atoms in total. The number of ether oxygens (including phenoxy) is 1. The zero-order valence-corrected chi connectivity index (χ0v) is 22.3. The molecule has 2 atom stereocenters. The molecule has 198 valence electrons. The maximum Gasteiger partial charge on any atom is 0.244 e. The molecular weight excluding hydrogens is 485 g/mol. The van der Waals surface area contributed by atoms with Crippen molar-refractivity contribution in [2.75, 3.05) is 23.7 Å². The first-order valence-corrected chi connectivity index (χ1v) is 13.9. The van der Waals surface area contributed by atoms with E-state index in [-0.39, 0.29) is 18.5 Å². The highest BCUT2D eigenvalue weighted by Gasteiger charge is 2.32. The van der Waals surface area contributed by atoms with Gasteiger partial charge < -0.3 is 15.0 Å². The van der Waals surface area contributed by atoms with E-state index in [0.29, 0.717) is 36.4 Å². The van der Waals surface area contributed by atoms with Gasteiger partial charge in [0.15, 0.2) is 0 Å². The quantitative estimate of drug-likeness (QED) is 0.434. The monoisotopic (exact) mass is 521 g/mol. The lowest BCUT2D eigenvalue weighted by Gasteiger charge is -2.33. The second-order valence-corrected chi connectivity index (χ2v) is 10.5. The van der Waals surface area contributed by atoms with E-state index < -0.39 is 34.3 Å². The first-order valence-electron chi connectivity index (χ1n) is 12.0. The van der Waals surface area contributed by atoms with Gasteiger partial charge >= 0.3 is 0 Å². The van der Waals surface area contributed by atoms with Gasteiger partial charge in [0.2, 0.25) is 21.8 Å². The molecule has 0 aliphatic carbocycles. The van der Waals surface area contributed by atoms with Crippen LogP contribution in [0, 0.1) is 5.82 Å². The first kappa shape index (κ1) is 29.1. The maximum atomic E-state index is 13.6. The standard InChI is InChI=1S/C26H36FN3O5S/c1-6-19(4)28-26(32)24(7-2)29(17-20-9-11-21(27)12-10-20)25(31)18-30(36(5,33)34)22-13-15-23(16-14-22)35-8-3/h9-16,19,24H,6-8,17-18H2,1-5H3,(H,28,32)/t19-,24-/m1/s1. The van der Waals surface area contributed by atoms with Gasteiger partial charge in [-0.15, -0.1) is 0 Å². The van der Waals surface area contributed by atoms with Crippen molar-refractivity contribution in [3.8, 4) is 5.75 Å². The maximum absolute atomic E-state index is 13.6. The summed E-state index contributed by atoms with van der Waals surface area (Å²) in [6.45, 7) is 7.41. The number of nitrogens with zero attached hydrogens (tertiary/aromatic N) is 2. The number of amides is 2. The fourth-order valence-corrected chi connectivity index (χ4v) is 4.49. The molecule has 2 amide bonds. The van der Waals surface area contributed by atoms with Crippen LogP contribution in [0.25, 0.3) is 0 Å². The fourth-order valence-electron chi connectivity index (χ4n) is 3.64. The summed E-state index contributed by atoms with van der Waals surface area (Å²) in [4.78, 5) is 28.0. The number of carbonyl (C=O) groups is 2. The normalized spacial score (nSPS) is 12.9. The molecule has 0 saturated heterocycles. The molecule has 10 heteroatoms. The summed E-state index contributed by atoms with van der Waals surface area (Å²) in [6, 6.07) is 11.1. The van der Waals surface area contributed by atoms with Crippen LogP contribution >= 0.6 is 0 Å². The zero-order chi connectivity index (χ0) is 26.9. The molecule has 0 saturated carbocycles. The van der Waals surface area contributed by atoms with E-state index in [1.165, 1.54) is 29.2 Å².